The van der Waals surface area contributed by atoms with Crippen LogP contribution in [0.1, 0.15) is 55.2 Å². The van der Waals surface area contributed by atoms with E-state index < -0.39 is 36.7 Å². The van der Waals surface area contributed by atoms with Crippen molar-refractivity contribution in [2.45, 2.75) is 74.9 Å². The highest BCUT2D eigenvalue weighted by Crippen LogP contribution is 2.32. The predicted octanol–water partition coefficient (Wildman–Crippen LogP) is 5.67. The fraction of sp³-hybridized carbons (Fsp3) is 0.441. The van der Waals surface area contributed by atoms with E-state index in [-0.39, 0.29) is 6.61 Å². The van der Waals surface area contributed by atoms with Gasteiger partial charge in [0.15, 0.2) is 12.2 Å². The van der Waals surface area contributed by atoms with E-state index in [9.17, 15) is 19.5 Å². The first-order valence-corrected chi connectivity index (χ1v) is 16.1. The molecule has 2 unspecified atom stereocenters. The van der Waals surface area contributed by atoms with Gasteiger partial charge in [-0.05, 0) is 78.5 Å². The highest BCUT2D eigenvalue weighted by atomic mass is 32.2. The number of ether oxygens (including phenoxy) is 2. The van der Waals surface area contributed by atoms with E-state index in [0.29, 0.717) is 13.0 Å². The summed E-state index contributed by atoms with van der Waals surface area (Å²) in [6.07, 6.45) is 4.85. The third-order valence-corrected chi connectivity index (χ3v) is 8.70. The zero-order valence-corrected chi connectivity index (χ0v) is 25.3. The molecule has 1 heterocycles. The molecule has 3 aromatic carbocycles. The number of rotatable bonds is 19. The Balaban J connectivity index is 1.19. The lowest BCUT2D eigenvalue weighted by Gasteiger charge is -2.23. The summed E-state index contributed by atoms with van der Waals surface area (Å²) in [5.41, 5.74) is 4.00. The largest absolute Gasteiger partial charge is 0.480 e. The monoisotopic (exact) mass is 607 g/mol. The zero-order valence-electron chi connectivity index (χ0n) is 24.5. The normalized spacial score (nSPS) is 13.9. The lowest BCUT2D eigenvalue weighted by atomic mass is 10.0. The molecule has 0 spiro atoms. The molecular weight excluding hydrogens is 566 g/mol. The van der Waals surface area contributed by atoms with Crippen LogP contribution in [0.3, 0.4) is 0 Å². The van der Waals surface area contributed by atoms with E-state index >= 15 is 0 Å². The molecule has 1 amide bonds. The molecule has 3 aromatic rings. The number of benzene rings is 3. The summed E-state index contributed by atoms with van der Waals surface area (Å²) in [4.78, 5) is 37.2. The molecule has 43 heavy (non-hydrogen) atoms. The van der Waals surface area contributed by atoms with E-state index in [1.807, 2.05) is 23.9 Å². The zero-order chi connectivity index (χ0) is 30.4. The first-order chi connectivity index (χ1) is 20.9. The number of carbonyl (C=O) groups excluding carboxylic acids is 1. The lowest BCUT2D eigenvalue weighted by molar-refractivity contribution is -0.172. The first-order valence-electron chi connectivity index (χ1n) is 15.1. The average molecular weight is 608 g/mol. The van der Waals surface area contributed by atoms with Gasteiger partial charge >= 0.3 is 11.9 Å². The Hall–Kier alpha value is -3.40. The van der Waals surface area contributed by atoms with Gasteiger partial charge in [-0.25, -0.2) is 9.59 Å². The number of aryl methyl sites for hydroxylation is 3. The number of unbranched alkanes of at least 4 members (excludes halogenated alkanes) is 4. The van der Waals surface area contributed by atoms with Crippen molar-refractivity contribution in [2.24, 2.45) is 0 Å². The second kappa shape index (κ2) is 17.0. The number of hydrogen-bond donors (Lipinski definition) is 3. The Bertz CT molecular complexity index is 1380. The molecule has 4 rings (SSSR count). The molecule has 2 atom stereocenters. The minimum atomic E-state index is -1.71. The summed E-state index contributed by atoms with van der Waals surface area (Å²) in [6, 6.07) is 21.4. The van der Waals surface area contributed by atoms with E-state index in [1.54, 1.807) is 0 Å². The van der Waals surface area contributed by atoms with Crippen molar-refractivity contribution in [3.8, 4) is 0 Å². The number of carboxylic acid groups (broad SMARTS) is 2. The number of aliphatic carboxylic acids is 2. The maximum atomic E-state index is 13.0. The van der Waals surface area contributed by atoms with Gasteiger partial charge < -0.3 is 25.0 Å². The van der Waals surface area contributed by atoms with Gasteiger partial charge in [0.05, 0.1) is 0 Å². The van der Waals surface area contributed by atoms with Gasteiger partial charge in [0, 0.05) is 23.8 Å². The SMILES string of the molecule is O=C(O)COC(C(=O)O)C(OCCCCCc1ccc2c(c1)CCS2)C(=O)NCCCCCc1ccc2ccccc2c1. The highest BCUT2D eigenvalue weighted by molar-refractivity contribution is 7.99. The summed E-state index contributed by atoms with van der Waals surface area (Å²) in [6.45, 7) is -0.302. The molecule has 0 saturated heterocycles. The third kappa shape index (κ3) is 10.4. The quantitative estimate of drug-likeness (QED) is 0.149. The van der Waals surface area contributed by atoms with Gasteiger partial charge in [-0.1, -0.05) is 67.4 Å². The Morgan fingerprint density at radius 2 is 1.51 bits per heavy atom. The second-order valence-corrected chi connectivity index (χ2v) is 12.0. The highest BCUT2D eigenvalue weighted by Gasteiger charge is 2.36. The maximum absolute atomic E-state index is 13.0. The number of carboxylic acids is 2. The van der Waals surface area contributed by atoms with Crippen molar-refractivity contribution < 1.29 is 34.1 Å². The molecule has 0 aliphatic carbocycles. The molecule has 8 nitrogen and oxygen atoms in total. The average Bonchev–Trinajstić information content (AvgIpc) is 3.47. The molecule has 0 saturated carbocycles. The number of amides is 1. The summed E-state index contributed by atoms with van der Waals surface area (Å²) < 4.78 is 10.8. The van der Waals surface area contributed by atoms with E-state index in [4.69, 9.17) is 14.6 Å². The Labute approximate surface area is 257 Å². The Kier molecular flexibility index (Phi) is 12.9. The smallest absolute Gasteiger partial charge is 0.336 e. The van der Waals surface area contributed by atoms with Gasteiger partial charge in [0.25, 0.3) is 5.91 Å². The fourth-order valence-electron chi connectivity index (χ4n) is 5.30. The molecule has 9 heteroatoms. The van der Waals surface area contributed by atoms with E-state index in [0.717, 1.165) is 57.1 Å². The number of fused-ring (bicyclic) bond motifs is 2. The summed E-state index contributed by atoms with van der Waals surface area (Å²) in [7, 11) is 0. The molecule has 3 N–H and O–H groups in total. The maximum Gasteiger partial charge on any atom is 0.336 e. The Morgan fingerprint density at radius 3 is 2.28 bits per heavy atom. The van der Waals surface area contributed by atoms with Gasteiger partial charge in [-0.3, -0.25) is 4.79 Å². The van der Waals surface area contributed by atoms with Gasteiger partial charge in [-0.2, -0.15) is 0 Å². The van der Waals surface area contributed by atoms with Crippen LogP contribution in [0.5, 0.6) is 0 Å². The van der Waals surface area contributed by atoms with Crippen molar-refractivity contribution in [1.29, 1.82) is 0 Å². The topological polar surface area (TPSA) is 122 Å². The molecule has 0 aromatic heterocycles. The minimum absolute atomic E-state index is 0.172. The molecule has 0 fully saturated rings. The van der Waals surface area contributed by atoms with Crippen molar-refractivity contribution in [1.82, 2.24) is 5.32 Å². The standard InChI is InChI=1S/C34H41NO7S/c36-30(37)23-42-32(34(39)40)31(41-19-8-2-4-10-25-14-16-29-28(22-25)17-20-43-29)33(38)35-18-7-1-3-9-24-13-15-26-11-5-6-12-27(26)21-24/h5-6,11-16,21-22,31-32H,1-4,7-10,17-20,23H2,(H,35,38)(H,36,37)(H,39,40). The second-order valence-electron chi connectivity index (χ2n) is 10.9. The third-order valence-electron chi connectivity index (χ3n) is 7.58. The van der Waals surface area contributed by atoms with E-state index in [1.165, 1.54) is 32.4 Å². The molecular formula is C34H41NO7S. The van der Waals surface area contributed by atoms with Crippen LogP contribution in [-0.2, 0) is 43.1 Å². The predicted molar refractivity (Wildman–Crippen MR) is 168 cm³/mol. The van der Waals surface area contributed by atoms with Crippen LogP contribution in [0.15, 0.2) is 65.6 Å². The lowest BCUT2D eigenvalue weighted by Crippen LogP contribution is -2.49. The number of thioether (sulfide) groups is 1. The summed E-state index contributed by atoms with van der Waals surface area (Å²) in [5, 5.41) is 23.9. The van der Waals surface area contributed by atoms with E-state index in [2.05, 4.69) is 53.8 Å². The van der Waals surface area contributed by atoms with Crippen LogP contribution in [0.4, 0.5) is 0 Å². The fourth-order valence-corrected chi connectivity index (χ4v) is 6.35. The number of hydrogen-bond acceptors (Lipinski definition) is 6. The summed E-state index contributed by atoms with van der Waals surface area (Å²) >= 11 is 1.90. The van der Waals surface area contributed by atoms with Crippen LogP contribution in [0, 0.1) is 0 Å². The van der Waals surface area contributed by atoms with Crippen LogP contribution in [0.25, 0.3) is 10.8 Å². The number of carbonyl (C=O) groups is 3. The van der Waals surface area contributed by atoms with Crippen molar-refractivity contribution in [3.05, 3.63) is 77.4 Å². The van der Waals surface area contributed by atoms with Crippen LogP contribution < -0.4 is 5.32 Å². The minimum Gasteiger partial charge on any atom is -0.480 e. The molecule has 0 bridgehead atoms. The van der Waals surface area contributed by atoms with Crippen LogP contribution >= 0.6 is 11.8 Å². The van der Waals surface area contributed by atoms with Crippen LogP contribution in [-0.4, -0.2) is 65.8 Å². The molecule has 1 aliphatic heterocycles. The number of nitrogens with one attached hydrogen (secondary N) is 1. The van der Waals surface area contributed by atoms with Gasteiger partial charge in [-0.15, -0.1) is 11.8 Å². The van der Waals surface area contributed by atoms with Crippen LogP contribution in [0.2, 0.25) is 0 Å². The van der Waals surface area contributed by atoms with Crippen molar-refractivity contribution in [3.63, 3.8) is 0 Å². The van der Waals surface area contributed by atoms with Gasteiger partial charge in [0.2, 0.25) is 0 Å². The van der Waals surface area contributed by atoms with Gasteiger partial charge in [0.1, 0.15) is 6.61 Å². The van der Waals surface area contributed by atoms with Crippen molar-refractivity contribution >= 4 is 40.4 Å². The molecule has 230 valence electrons. The molecule has 1 aliphatic rings. The molecule has 0 radical (unpaired) electrons. The summed E-state index contributed by atoms with van der Waals surface area (Å²) in [5.74, 6) is -2.22. The Morgan fingerprint density at radius 1 is 0.791 bits per heavy atom. The first kappa shape index (κ1) is 32.5. The van der Waals surface area contributed by atoms with Crippen molar-refractivity contribution in [2.75, 3.05) is 25.5 Å².